The fraction of sp³-hybridized carbons (Fsp3) is 0.214. The number of hydrogen-bond donors (Lipinski definition) is 1. The first-order valence-electron chi connectivity index (χ1n) is 6.40. The van der Waals surface area contributed by atoms with Crippen molar-refractivity contribution in [1.29, 1.82) is 0 Å². The Labute approximate surface area is 125 Å². The predicted octanol–water partition coefficient (Wildman–Crippen LogP) is 2.04. The Morgan fingerprint density at radius 1 is 1.43 bits per heavy atom. The summed E-state index contributed by atoms with van der Waals surface area (Å²) in [5.41, 5.74) is 1.28. The van der Waals surface area contributed by atoms with Gasteiger partial charge in [-0.2, -0.15) is 5.10 Å². The van der Waals surface area contributed by atoms with Gasteiger partial charge in [0.05, 0.1) is 13.3 Å². The van der Waals surface area contributed by atoms with E-state index in [-0.39, 0.29) is 5.91 Å². The van der Waals surface area contributed by atoms with Gasteiger partial charge in [-0.3, -0.25) is 4.79 Å². The molecule has 21 heavy (non-hydrogen) atoms. The second kappa shape index (κ2) is 5.53. The van der Waals surface area contributed by atoms with Crippen molar-refractivity contribution in [2.24, 2.45) is 0 Å². The molecule has 0 bridgehead atoms. The largest absolute Gasteiger partial charge is 0.496 e. The van der Waals surface area contributed by atoms with Crippen molar-refractivity contribution in [3.05, 3.63) is 46.7 Å². The lowest BCUT2D eigenvalue weighted by atomic mass is 10.2. The van der Waals surface area contributed by atoms with Gasteiger partial charge in [0.2, 0.25) is 4.96 Å². The fourth-order valence-electron chi connectivity index (χ4n) is 2.02. The maximum absolute atomic E-state index is 12.1. The quantitative estimate of drug-likeness (QED) is 0.801. The standard InChI is InChI=1S/C14H14N4O2S/c1-9-17-18-8-11(16-14(18)21-9)13(19)15-7-10-5-3-4-6-12(10)20-2/h3-6,8H,7H2,1-2H3,(H,15,19). The molecule has 0 radical (unpaired) electrons. The highest BCUT2D eigenvalue weighted by atomic mass is 32.1. The number of imidazole rings is 1. The van der Waals surface area contributed by atoms with E-state index >= 15 is 0 Å². The molecule has 7 heteroatoms. The summed E-state index contributed by atoms with van der Waals surface area (Å²) in [6, 6.07) is 7.57. The van der Waals surface area contributed by atoms with Crippen LogP contribution in [0.3, 0.4) is 0 Å². The van der Waals surface area contributed by atoms with Gasteiger partial charge in [0.25, 0.3) is 5.91 Å². The third kappa shape index (κ3) is 2.73. The van der Waals surface area contributed by atoms with Crippen LogP contribution in [-0.2, 0) is 6.54 Å². The van der Waals surface area contributed by atoms with Crippen molar-refractivity contribution < 1.29 is 9.53 Å². The maximum atomic E-state index is 12.1. The molecule has 0 spiro atoms. The van der Waals surface area contributed by atoms with Crippen molar-refractivity contribution in [3.8, 4) is 5.75 Å². The molecule has 3 rings (SSSR count). The van der Waals surface area contributed by atoms with Gasteiger partial charge in [-0.15, -0.1) is 0 Å². The third-order valence-electron chi connectivity index (χ3n) is 3.01. The highest BCUT2D eigenvalue weighted by Crippen LogP contribution is 2.17. The zero-order valence-corrected chi connectivity index (χ0v) is 12.5. The summed E-state index contributed by atoms with van der Waals surface area (Å²) in [6.07, 6.45) is 1.64. The highest BCUT2D eigenvalue weighted by Gasteiger charge is 2.13. The van der Waals surface area contributed by atoms with Gasteiger partial charge < -0.3 is 10.1 Å². The number of ether oxygens (including phenoxy) is 1. The summed E-state index contributed by atoms with van der Waals surface area (Å²) in [7, 11) is 1.61. The van der Waals surface area contributed by atoms with Crippen molar-refractivity contribution in [2.45, 2.75) is 13.5 Å². The van der Waals surface area contributed by atoms with Crippen LogP contribution >= 0.6 is 11.3 Å². The predicted molar refractivity (Wildman–Crippen MR) is 79.8 cm³/mol. The second-order valence-electron chi connectivity index (χ2n) is 4.47. The number of benzene rings is 1. The van der Waals surface area contributed by atoms with Gasteiger partial charge in [-0.1, -0.05) is 29.5 Å². The summed E-state index contributed by atoms with van der Waals surface area (Å²) >= 11 is 1.45. The minimum atomic E-state index is -0.226. The van der Waals surface area contributed by atoms with Crippen LogP contribution in [0.15, 0.2) is 30.5 Å². The number of aryl methyl sites for hydroxylation is 1. The number of rotatable bonds is 4. The van der Waals surface area contributed by atoms with E-state index < -0.39 is 0 Å². The number of amides is 1. The summed E-state index contributed by atoms with van der Waals surface area (Å²) in [5, 5.41) is 7.99. The maximum Gasteiger partial charge on any atom is 0.271 e. The smallest absolute Gasteiger partial charge is 0.271 e. The lowest BCUT2D eigenvalue weighted by Gasteiger charge is -2.08. The molecular weight excluding hydrogens is 288 g/mol. The van der Waals surface area contributed by atoms with Gasteiger partial charge in [0, 0.05) is 12.1 Å². The van der Waals surface area contributed by atoms with Gasteiger partial charge >= 0.3 is 0 Å². The summed E-state index contributed by atoms with van der Waals surface area (Å²) in [5.74, 6) is 0.525. The number of fused-ring (bicyclic) bond motifs is 1. The normalized spacial score (nSPS) is 10.8. The number of hydrogen-bond acceptors (Lipinski definition) is 5. The molecule has 0 unspecified atom stereocenters. The monoisotopic (exact) mass is 302 g/mol. The Hall–Kier alpha value is -2.41. The molecule has 108 valence electrons. The van der Waals surface area contributed by atoms with Crippen LogP contribution < -0.4 is 10.1 Å². The van der Waals surface area contributed by atoms with Crippen LogP contribution in [0.2, 0.25) is 0 Å². The van der Waals surface area contributed by atoms with Gasteiger partial charge in [-0.05, 0) is 13.0 Å². The Kier molecular flexibility index (Phi) is 3.57. The summed E-state index contributed by atoms with van der Waals surface area (Å²) < 4.78 is 6.88. The average molecular weight is 302 g/mol. The van der Waals surface area contributed by atoms with Crippen molar-refractivity contribution in [1.82, 2.24) is 19.9 Å². The highest BCUT2D eigenvalue weighted by molar-refractivity contribution is 7.16. The van der Waals surface area contributed by atoms with E-state index in [0.29, 0.717) is 12.2 Å². The molecular formula is C14H14N4O2S. The number of para-hydroxylation sites is 1. The van der Waals surface area contributed by atoms with Crippen LogP contribution in [0.5, 0.6) is 5.75 Å². The molecule has 0 aliphatic carbocycles. The van der Waals surface area contributed by atoms with Crippen LogP contribution in [0.4, 0.5) is 0 Å². The molecule has 0 fully saturated rings. The van der Waals surface area contributed by atoms with Gasteiger partial charge in [-0.25, -0.2) is 9.50 Å². The number of nitrogens with zero attached hydrogens (tertiary/aromatic N) is 3. The van der Waals surface area contributed by atoms with E-state index in [4.69, 9.17) is 4.74 Å². The SMILES string of the molecule is COc1ccccc1CNC(=O)c1cn2nc(C)sc2n1. The van der Waals surface area contributed by atoms with Crippen LogP contribution in [0.1, 0.15) is 21.1 Å². The lowest BCUT2D eigenvalue weighted by molar-refractivity contribution is 0.0946. The molecule has 0 aliphatic heterocycles. The minimum Gasteiger partial charge on any atom is -0.496 e. The van der Waals surface area contributed by atoms with Crippen LogP contribution in [0, 0.1) is 6.92 Å². The Bertz CT molecular complexity index is 762. The molecule has 0 saturated heterocycles. The number of nitrogens with one attached hydrogen (secondary N) is 1. The fourth-order valence-corrected chi connectivity index (χ4v) is 2.75. The van der Waals surface area contributed by atoms with Crippen molar-refractivity contribution in [2.75, 3.05) is 7.11 Å². The minimum absolute atomic E-state index is 0.226. The van der Waals surface area contributed by atoms with Crippen molar-refractivity contribution in [3.63, 3.8) is 0 Å². The molecule has 0 aliphatic rings. The van der Waals surface area contributed by atoms with Crippen LogP contribution in [0.25, 0.3) is 4.96 Å². The number of carbonyl (C=O) groups excluding carboxylic acids is 1. The Morgan fingerprint density at radius 2 is 2.24 bits per heavy atom. The molecule has 1 amide bonds. The van der Waals surface area contributed by atoms with E-state index in [0.717, 1.165) is 21.3 Å². The van der Waals surface area contributed by atoms with Crippen molar-refractivity contribution >= 4 is 22.2 Å². The lowest BCUT2D eigenvalue weighted by Crippen LogP contribution is -2.23. The molecule has 1 N–H and O–H groups in total. The van der Waals surface area contributed by atoms with Gasteiger partial charge in [0.1, 0.15) is 16.5 Å². The average Bonchev–Trinajstić information content (AvgIpc) is 3.02. The Balaban J connectivity index is 1.72. The van der Waals surface area contributed by atoms with E-state index in [1.807, 2.05) is 31.2 Å². The van der Waals surface area contributed by atoms with E-state index in [1.54, 1.807) is 17.8 Å². The zero-order valence-electron chi connectivity index (χ0n) is 11.7. The molecule has 0 saturated carbocycles. The molecule has 2 heterocycles. The third-order valence-corrected chi connectivity index (χ3v) is 3.85. The first-order valence-corrected chi connectivity index (χ1v) is 7.22. The molecule has 1 aromatic carbocycles. The number of methoxy groups -OCH3 is 1. The van der Waals surface area contributed by atoms with E-state index in [1.165, 1.54) is 11.3 Å². The molecule has 0 atom stereocenters. The summed E-state index contributed by atoms with van der Waals surface area (Å²) in [4.78, 5) is 17.1. The zero-order chi connectivity index (χ0) is 14.8. The topological polar surface area (TPSA) is 68.5 Å². The molecule has 6 nitrogen and oxygen atoms in total. The number of carbonyl (C=O) groups is 1. The molecule has 3 aromatic rings. The first kappa shape index (κ1) is 13.6. The Morgan fingerprint density at radius 3 is 3.00 bits per heavy atom. The van der Waals surface area contributed by atoms with Crippen LogP contribution in [-0.4, -0.2) is 27.6 Å². The molecule has 2 aromatic heterocycles. The van der Waals surface area contributed by atoms with Gasteiger partial charge in [0.15, 0.2) is 0 Å². The first-order chi connectivity index (χ1) is 10.2. The second-order valence-corrected chi connectivity index (χ2v) is 5.63. The van der Waals surface area contributed by atoms with E-state index in [2.05, 4.69) is 15.4 Å². The van der Waals surface area contributed by atoms with E-state index in [9.17, 15) is 4.79 Å². The summed E-state index contributed by atoms with van der Waals surface area (Å²) in [6.45, 7) is 2.29. The number of aromatic nitrogens is 3.